The molecular weight excluding hydrogens is 331 g/mol. The first-order chi connectivity index (χ1) is 12.7. The van der Waals surface area contributed by atoms with Crippen LogP contribution in [0.15, 0.2) is 43.0 Å². The molecule has 0 N–H and O–H groups in total. The molecule has 5 nitrogen and oxygen atoms in total. The first-order valence-electron chi connectivity index (χ1n) is 8.67. The molecule has 6 heteroatoms. The molecule has 0 spiro atoms. The molecule has 1 aliphatic carbocycles. The van der Waals surface area contributed by atoms with Crippen LogP contribution in [0.25, 0.3) is 11.6 Å². The van der Waals surface area contributed by atoms with Crippen LogP contribution < -0.4 is 4.74 Å². The van der Waals surface area contributed by atoms with Crippen molar-refractivity contribution in [2.75, 3.05) is 7.11 Å². The normalized spacial score (nSPS) is 18.6. The van der Waals surface area contributed by atoms with Crippen LogP contribution in [0.4, 0.5) is 4.39 Å². The van der Waals surface area contributed by atoms with Gasteiger partial charge in [-0.1, -0.05) is 6.92 Å². The number of halogens is 1. The van der Waals surface area contributed by atoms with Crippen molar-refractivity contribution in [1.82, 2.24) is 19.9 Å². The lowest BCUT2D eigenvalue weighted by Gasteiger charge is -2.11. The van der Waals surface area contributed by atoms with Gasteiger partial charge in [-0.05, 0) is 59.6 Å². The third kappa shape index (κ3) is 3.03. The van der Waals surface area contributed by atoms with Gasteiger partial charge in [-0.3, -0.25) is 0 Å². The fourth-order valence-corrected chi connectivity index (χ4v) is 3.38. The zero-order valence-corrected chi connectivity index (χ0v) is 14.7. The van der Waals surface area contributed by atoms with E-state index in [2.05, 4.69) is 19.9 Å². The molecule has 0 saturated heterocycles. The second-order valence-electron chi connectivity index (χ2n) is 6.40. The molecule has 0 bridgehead atoms. The van der Waals surface area contributed by atoms with Crippen molar-refractivity contribution in [3.8, 4) is 17.4 Å². The molecule has 1 aliphatic rings. The molecule has 132 valence electrons. The Kier molecular flexibility index (Phi) is 4.32. The number of benzene rings is 1. The van der Waals surface area contributed by atoms with E-state index < -0.39 is 0 Å². The van der Waals surface area contributed by atoms with E-state index in [1.54, 1.807) is 24.5 Å². The van der Waals surface area contributed by atoms with E-state index in [1.165, 1.54) is 7.11 Å². The Balaban J connectivity index is 1.57. The van der Waals surface area contributed by atoms with Gasteiger partial charge in [0.15, 0.2) is 23.2 Å². The maximum atomic E-state index is 14.0. The maximum absolute atomic E-state index is 14.0. The number of rotatable bonds is 5. The van der Waals surface area contributed by atoms with Gasteiger partial charge in [-0.15, -0.1) is 0 Å². The summed E-state index contributed by atoms with van der Waals surface area (Å²) in [6.45, 7) is 2.04. The summed E-state index contributed by atoms with van der Waals surface area (Å²) >= 11 is 0. The van der Waals surface area contributed by atoms with E-state index in [0.29, 0.717) is 29.2 Å². The van der Waals surface area contributed by atoms with Crippen LogP contribution in [0.5, 0.6) is 5.75 Å². The van der Waals surface area contributed by atoms with Crippen molar-refractivity contribution in [1.29, 1.82) is 0 Å². The third-order valence-electron chi connectivity index (χ3n) is 4.85. The first kappa shape index (κ1) is 16.6. The smallest absolute Gasteiger partial charge is 0.197 e. The SMILES string of the molecule is CCc1cc(F)c(OC)cc1[C@@H]1C[C@H]1c1cnc(-c2ncccn2)nc1. The van der Waals surface area contributed by atoms with Crippen LogP contribution in [-0.2, 0) is 6.42 Å². The molecule has 1 saturated carbocycles. The monoisotopic (exact) mass is 350 g/mol. The van der Waals surface area contributed by atoms with Crippen LogP contribution in [0.2, 0.25) is 0 Å². The number of methoxy groups -OCH3 is 1. The molecule has 0 radical (unpaired) electrons. The van der Waals surface area contributed by atoms with Crippen LogP contribution in [-0.4, -0.2) is 27.0 Å². The average molecular weight is 350 g/mol. The summed E-state index contributed by atoms with van der Waals surface area (Å²) in [7, 11) is 1.50. The zero-order valence-electron chi connectivity index (χ0n) is 14.7. The van der Waals surface area contributed by atoms with Crippen LogP contribution >= 0.6 is 0 Å². The molecule has 0 aliphatic heterocycles. The minimum atomic E-state index is -0.305. The van der Waals surface area contributed by atoms with Crippen molar-refractivity contribution < 1.29 is 9.13 Å². The van der Waals surface area contributed by atoms with E-state index in [0.717, 1.165) is 29.5 Å². The summed E-state index contributed by atoms with van der Waals surface area (Å²) in [5.41, 5.74) is 3.28. The van der Waals surface area contributed by atoms with Gasteiger partial charge in [0.05, 0.1) is 7.11 Å². The van der Waals surface area contributed by atoms with Gasteiger partial charge in [0.2, 0.25) is 0 Å². The van der Waals surface area contributed by atoms with Gasteiger partial charge >= 0.3 is 0 Å². The van der Waals surface area contributed by atoms with E-state index in [4.69, 9.17) is 4.74 Å². The summed E-state index contributed by atoms with van der Waals surface area (Å²) in [5.74, 6) is 1.73. The minimum absolute atomic E-state index is 0.302. The molecule has 1 aromatic carbocycles. The van der Waals surface area contributed by atoms with E-state index in [9.17, 15) is 4.39 Å². The Morgan fingerprint density at radius 1 is 1.04 bits per heavy atom. The lowest BCUT2D eigenvalue weighted by molar-refractivity contribution is 0.385. The molecule has 1 fully saturated rings. The van der Waals surface area contributed by atoms with Gasteiger partial charge in [0.1, 0.15) is 0 Å². The average Bonchev–Trinajstić information content (AvgIpc) is 3.49. The second-order valence-corrected chi connectivity index (χ2v) is 6.40. The number of aryl methyl sites for hydroxylation is 1. The number of hydrogen-bond donors (Lipinski definition) is 0. The summed E-state index contributed by atoms with van der Waals surface area (Å²) in [6, 6.07) is 5.19. The van der Waals surface area contributed by atoms with Crippen molar-refractivity contribution in [3.05, 3.63) is 65.5 Å². The second kappa shape index (κ2) is 6.78. The fourth-order valence-electron chi connectivity index (χ4n) is 3.38. The Morgan fingerprint density at radius 3 is 2.38 bits per heavy atom. The summed E-state index contributed by atoms with van der Waals surface area (Å²) in [5, 5.41) is 0. The van der Waals surface area contributed by atoms with Crippen molar-refractivity contribution in [2.24, 2.45) is 0 Å². The lowest BCUT2D eigenvalue weighted by atomic mass is 9.98. The van der Waals surface area contributed by atoms with Crippen molar-refractivity contribution in [3.63, 3.8) is 0 Å². The topological polar surface area (TPSA) is 60.8 Å². The fraction of sp³-hybridized carbons (Fsp3) is 0.300. The minimum Gasteiger partial charge on any atom is -0.494 e. The highest BCUT2D eigenvalue weighted by Crippen LogP contribution is 2.55. The van der Waals surface area contributed by atoms with Gasteiger partial charge in [0, 0.05) is 24.8 Å². The molecule has 2 atom stereocenters. The quantitative estimate of drug-likeness (QED) is 0.698. The Hall–Kier alpha value is -2.89. The maximum Gasteiger partial charge on any atom is 0.197 e. The molecule has 0 amide bonds. The lowest BCUT2D eigenvalue weighted by Crippen LogP contribution is -1.98. The highest BCUT2D eigenvalue weighted by atomic mass is 19.1. The largest absolute Gasteiger partial charge is 0.494 e. The van der Waals surface area contributed by atoms with Gasteiger partial charge in [-0.25, -0.2) is 24.3 Å². The molecule has 2 aromatic heterocycles. The molecule has 4 rings (SSSR count). The van der Waals surface area contributed by atoms with Gasteiger partial charge in [0.25, 0.3) is 0 Å². The third-order valence-corrected chi connectivity index (χ3v) is 4.85. The highest BCUT2D eigenvalue weighted by molar-refractivity contribution is 5.46. The van der Waals surface area contributed by atoms with Crippen LogP contribution in [0.3, 0.4) is 0 Å². The summed E-state index contributed by atoms with van der Waals surface area (Å²) < 4.78 is 19.1. The molecule has 26 heavy (non-hydrogen) atoms. The van der Waals surface area contributed by atoms with E-state index in [1.807, 2.05) is 25.4 Å². The summed E-state index contributed by atoms with van der Waals surface area (Å²) in [4.78, 5) is 17.1. The van der Waals surface area contributed by atoms with Crippen LogP contribution in [0, 0.1) is 5.82 Å². The summed E-state index contributed by atoms with van der Waals surface area (Å²) in [6.07, 6.45) is 8.83. The Bertz CT molecular complexity index is 915. The van der Waals surface area contributed by atoms with Crippen molar-refractivity contribution in [2.45, 2.75) is 31.6 Å². The molecular formula is C20H19FN4O. The number of ether oxygens (including phenoxy) is 1. The first-order valence-corrected chi connectivity index (χ1v) is 8.67. The van der Waals surface area contributed by atoms with Crippen LogP contribution in [0.1, 0.15) is 41.9 Å². The predicted molar refractivity (Wildman–Crippen MR) is 95.5 cm³/mol. The Labute approximate surface area is 151 Å². The zero-order chi connectivity index (χ0) is 18.1. The van der Waals surface area contributed by atoms with Gasteiger partial charge in [-0.2, -0.15) is 0 Å². The predicted octanol–water partition coefficient (Wildman–Crippen LogP) is 3.91. The van der Waals surface area contributed by atoms with E-state index >= 15 is 0 Å². The number of nitrogens with zero attached hydrogens (tertiary/aromatic N) is 4. The Morgan fingerprint density at radius 2 is 1.73 bits per heavy atom. The molecule has 2 heterocycles. The van der Waals surface area contributed by atoms with E-state index in [-0.39, 0.29) is 5.82 Å². The molecule has 3 aromatic rings. The highest BCUT2D eigenvalue weighted by Gasteiger charge is 2.41. The molecule has 0 unspecified atom stereocenters. The van der Waals surface area contributed by atoms with Gasteiger partial charge < -0.3 is 4.74 Å². The standard InChI is InChI=1S/C20H19FN4O/c1-3-12-7-17(21)18(26-2)9-15(12)16-8-14(16)13-10-24-20(25-11-13)19-22-5-4-6-23-19/h4-7,9-11,14,16H,3,8H2,1-2H3/t14-,16+/m0/s1. The number of aromatic nitrogens is 4. The van der Waals surface area contributed by atoms with Crippen molar-refractivity contribution >= 4 is 0 Å². The number of hydrogen-bond acceptors (Lipinski definition) is 5.